The Hall–Kier alpha value is -2.44. The number of carbonyl (C=O) groups is 2. The van der Waals surface area contributed by atoms with Gasteiger partial charge in [-0.15, -0.1) is 0 Å². The number of nitrogens with zero attached hydrogens (tertiary/aromatic N) is 2. The third kappa shape index (κ3) is 2.53. The Morgan fingerprint density at radius 1 is 1.44 bits per heavy atom. The van der Waals surface area contributed by atoms with Crippen LogP contribution in [-0.2, 0) is 4.79 Å². The van der Waals surface area contributed by atoms with Crippen LogP contribution in [0.5, 0.6) is 5.75 Å². The van der Waals surface area contributed by atoms with Crippen LogP contribution in [0.4, 0.5) is 10.5 Å². The lowest BCUT2D eigenvalue weighted by Gasteiger charge is -2.15. The lowest BCUT2D eigenvalue weighted by molar-refractivity contribution is -0.131. The lowest BCUT2D eigenvalue weighted by Crippen LogP contribution is -2.30. The van der Waals surface area contributed by atoms with Crippen LogP contribution in [0.15, 0.2) is 29.5 Å². The Kier molecular flexibility index (Phi) is 3.54. The fourth-order valence-corrected chi connectivity index (χ4v) is 1.10. The van der Waals surface area contributed by atoms with Gasteiger partial charge in [-0.2, -0.15) is 10.5 Å². The Morgan fingerprint density at radius 2 is 2.06 bits per heavy atom. The molecule has 3 N–H and O–H groups in total. The number of primary amides is 1. The summed E-state index contributed by atoms with van der Waals surface area (Å²) >= 11 is 0. The summed E-state index contributed by atoms with van der Waals surface area (Å²) in [5.74, 6) is -0.424. The molecule has 0 aliphatic carbocycles. The van der Waals surface area contributed by atoms with Crippen LogP contribution in [0.3, 0.4) is 0 Å². The average Bonchev–Trinajstić information content (AvgIpc) is 2.20. The lowest BCUT2D eigenvalue weighted by atomic mass is 10.3. The van der Waals surface area contributed by atoms with Crippen molar-refractivity contribution < 1.29 is 14.3 Å². The summed E-state index contributed by atoms with van der Waals surface area (Å²) in [5, 5.41) is 3.57. The van der Waals surface area contributed by atoms with Crippen molar-refractivity contribution in [2.45, 2.75) is 6.92 Å². The number of rotatable bonds is 3. The third-order valence-corrected chi connectivity index (χ3v) is 1.66. The van der Waals surface area contributed by atoms with Gasteiger partial charge in [0.1, 0.15) is 5.69 Å². The minimum atomic E-state index is -0.936. The fourth-order valence-electron chi connectivity index (χ4n) is 1.10. The molecule has 0 unspecified atom stereocenters. The molecule has 0 heterocycles. The molecule has 7 heteroatoms. The van der Waals surface area contributed by atoms with Gasteiger partial charge in [-0.25, -0.2) is 4.79 Å². The second-order valence-corrected chi connectivity index (χ2v) is 2.81. The number of carbonyl (C=O) groups excluding carboxylic acids is 2. The summed E-state index contributed by atoms with van der Waals surface area (Å²) in [6, 6.07) is 5.21. The van der Waals surface area contributed by atoms with Crippen LogP contribution < -0.4 is 15.5 Å². The molecule has 0 saturated carbocycles. The summed E-state index contributed by atoms with van der Waals surface area (Å²) in [5.41, 5.74) is 12.0. The van der Waals surface area contributed by atoms with Crippen LogP contribution >= 0.6 is 0 Å². The molecule has 0 atom stereocenters. The zero-order valence-corrected chi connectivity index (χ0v) is 8.51. The summed E-state index contributed by atoms with van der Waals surface area (Å²) in [6.45, 7) is 1.23. The zero-order chi connectivity index (χ0) is 12.1. The summed E-state index contributed by atoms with van der Waals surface area (Å²) < 4.78 is 4.85. The molecule has 1 aromatic rings. The summed E-state index contributed by atoms with van der Waals surface area (Å²) in [7, 11) is 0. The first kappa shape index (κ1) is 11.6. The molecule has 1 aromatic carbocycles. The highest BCUT2D eigenvalue weighted by molar-refractivity contribution is 5.92. The molecule has 2 amide bonds. The standard InChI is InChI=1S/C9H10N4O3/c1-6(14)16-8-5-3-2-4-7(8)13(12-11)9(10)15/h2-5,11H,1H3,(H2,10,15). The first-order valence-electron chi connectivity index (χ1n) is 4.30. The fraction of sp³-hybridized carbons (Fsp3) is 0.111. The van der Waals surface area contributed by atoms with E-state index in [0.29, 0.717) is 5.01 Å². The zero-order valence-electron chi connectivity index (χ0n) is 8.51. The van der Waals surface area contributed by atoms with Crippen molar-refractivity contribution >= 4 is 17.7 Å². The Morgan fingerprint density at radius 3 is 2.56 bits per heavy atom. The van der Waals surface area contributed by atoms with Gasteiger partial charge in [-0.3, -0.25) is 4.79 Å². The largest absolute Gasteiger partial charge is 0.424 e. The molecule has 84 valence electrons. The highest BCUT2D eigenvalue weighted by Gasteiger charge is 2.17. The average molecular weight is 222 g/mol. The van der Waals surface area contributed by atoms with Gasteiger partial charge >= 0.3 is 12.0 Å². The smallest absolute Gasteiger partial charge is 0.341 e. The molecule has 1 rings (SSSR count). The maximum atomic E-state index is 11.0. The number of para-hydroxylation sites is 2. The van der Waals surface area contributed by atoms with Gasteiger partial charge in [0, 0.05) is 6.92 Å². The summed E-state index contributed by atoms with van der Waals surface area (Å²) in [4.78, 5) is 21.8. The quantitative estimate of drug-likeness (QED) is 0.349. The molecule has 0 aliphatic rings. The van der Waals surface area contributed by atoms with E-state index in [9.17, 15) is 9.59 Å². The number of urea groups is 1. The molecule has 16 heavy (non-hydrogen) atoms. The van der Waals surface area contributed by atoms with Gasteiger partial charge in [0.15, 0.2) is 5.75 Å². The number of benzene rings is 1. The van der Waals surface area contributed by atoms with E-state index < -0.39 is 12.0 Å². The van der Waals surface area contributed by atoms with Crippen LogP contribution in [0, 0.1) is 5.53 Å². The maximum absolute atomic E-state index is 11.0. The Labute approximate surface area is 91.3 Å². The van der Waals surface area contributed by atoms with Crippen molar-refractivity contribution in [1.29, 1.82) is 5.53 Å². The van der Waals surface area contributed by atoms with E-state index in [0.717, 1.165) is 0 Å². The van der Waals surface area contributed by atoms with Gasteiger partial charge in [0.2, 0.25) is 0 Å². The second kappa shape index (κ2) is 4.87. The molecule has 7 nitrogen and oxygen atoms in total. The van der Waals surface area contributed by atoms with Crippen molar-refractivity contribution in [1.82, 2.24) is 0 Å². The highest BCUT2D eigenvalue weighted by atomic mass is 16.5. The Bertz CT molecular complexity index is 433. The SMILES string of the molecule is CC(=O)Oc1ccccc1N(N=N)C(N)=O. The van der Waals surface area contributed by atoms with Crippen molar-refractivity contribution in [3.63, 3.8) is 0 Å². The van der Waals surface area contributed by atoms with E-state index in [-0.39, 0.29) is 11.4 Å². The van der Waals surface area contributed by atoms with Gasteiger partial charge in [-0.05, 0) is 12.1 Å². The van der Waals surface area contributed by atoms with Gasteiger partial charge in [-0.1, -0.05) is 17.4 Å². The van der Waals surface area contributed by atoms with Crippen LogP contribution in [-0.4, -0.2) is 12.0 Å². The summed E-state index contributed by atoms with van der Waals surface area (Å²) in [6.07, 6.45) is 0. The number of ether oxygens (including phenoxy) is 1. The number of hydrogen-bond donors (Lipinski definition) is 2. The molecular formula is C9H10N4O3. The molecule has 0 aromatic heterocycles. The van der Waals surface area contributed by atoms with Crippen molar-refractivity contribution in [3.8, 4) is 5.75 Å². The number of anilines is 1. The molecule has 0 saturated heterocycles. The van der Waals surface area contributed by atoms with Gasteiger partial charge < -0.3 is 10.5 Å². The van der Waals surface area contributed by atoms with Crippen molar-refractivity contribution in [2.75, 3.05) is 5.01 Å². The number of nitrogens with one attached hydrogen (secondary N) is 1. The normalized spacial score (nSPS) is 9.31. The number of nitrogens with two attached hydrogens (primary N) is 1. The monoisotopic (exact) mass is 222 g/mol. The molecule has 0 radical (unpaired) electrons. The van der Waals surface area contributed by atoms with Crippen molar-refractivity contribution in [3.05, 3.63) is 24.3 Å². The predicted molar refractivity (Wildman–Crippen MR) is 55.0 cm³/mol. The first-order valence-corrected chi connectivity index (χ1v) is 4.30. The molecule has 0 aliphatic heterocycles. The van der Waals surface area contributed by atoms with E-state index in [1.807, 2.05) is 0 Å². The molecule has 0 fully saturated rings. The van der Waals surface area contributed by atoms with E-state index in [2.05, 4.69) is 5.22 Å². The minimum Gasteiger partial charge on any atom is -0.424 e. The number of hydrogen-bond acceptors (Lipinski definition) is 5. The molecular weight excluding hydrogens is 212 g/mol. The van der Waals surface area contributed by atoms with Crippen molar-refractivity contribution in [2.24, 2.45) is 11.0 Å². The van der Waals surface area contributed by atoms with Crippen LogP contribution in [0.25, 0.3) is 0 Å². The number of esters is 1. The van der Waals surface area contributed by atoms with E-state index >= 15 is 0 Å². The second-order valence-electron chi connectivity index (χ2n) is 2.81. The van der Waals surface area contributed by atoms with Crippen LogP contribution in [0.2, 0.25) is 0 Å². The minimum absolute atomic E-state index is 0.116. The number of amides is 2. The Balaban J connectivity index is 3.15. The van der Waals surface area contributed by atoms with E-state index in [4.69, 9.17) is 16.0 Å². The highest BCUT2D eigenvalue weighted by Crippen LogP contribution is 2.28. The maximum Gasteiger partial charge on any atom is 0.341 e. The third-order valence-electron chi connectivity index (χ3n) is 1.66. The van der Waals surface area contributed by atoms with E-state index in [1.165, 1.54) is 19.1 Å². The van der Waals surface area contributed by atoms with Gasteiger partial charge in [0.25, 0.3) is 0 Å². The molecule has 0 spiro atoms. The topological polar surface area (TPSA) is 109 Å². The first-order chi connectivity index (χ1) is 7.56. The predicted octanol–water partition coefficient (Wildman–Crippen LogP) is 1.44. The van der Waals surface area contributed by atoms with Gasteiger partial charge in [0.05, 0.1) is 0 Å². The molecule has 0 bridgehead atoms. The van der Waals surface area contributed by atoms with Crippen LogP contribution in [0.1, 0.15) is 6.92 Å². The van der Waals surface area contributed by atoms with E-state index in [1.54, 1.807) is 12.1 Å².